The standard InChI is InChI=1S/C24H34N2O2/c27-23-14-8-7-13-22-21(25-23)17-20(15-18-9-3-1-4-10-18)26(22)24(28)16-19-11-5-2-6-12-19/h1,3-4,9-10,19-22H,2,5-8,11-17H2,(H,25,27)/t20-,21+,22-/m1/s1. The van der Waals surface area contributed by atoms with Crippen molar-refractivity contribution in [1.82, 2.24) is 10.2 Å². The first-order valence-electron chi connectivity index (χ1n) is 11.3. The summed E-state index contributed by atoms with van der Waals surface area (Å²) in [6, 6.07) is 11.0. The summed E-state index contributed by atoms with van der Waals surface area (Å²) < 4.78 is 0. The first-order chi connectivity index (χ1) is 13.7. The molecule has 0 radical (unpaired) electrons. The Morgan fingerprint density at radius 2 is 1.75 bits per heavy atom. The van der Waals surface area contributed by atoms with Gasteiger partial charge < -0.3 is 10.2 Å². The average molecular weight is 383 g/mol. The molecule has 4 nitrogen and oxygen atoms in total. The predicted octanol–water partition coefficient (Wildman–Crippen LogP) is 4.23. The van der Waals surface area contributed by atoms with Crippen LogP contribution in [0.2, 0.25) is 0 Å². The highest BCUT2D eigenvalue weighted by Gasteiger charge is 2.44. The molecule has 1 saturated carbocycles. The minimum absolute atomic E-state index is 0.122. The van der Waals surface area contributed by atoms with E-state index in [1.54, 1.807) is 0 Å². The molecular weight excluding hydrogens is 348 g/mol. The number of amides is 2. The molecule has 0 aromatic heterocycles. The molecule has 4 heteroatoms. The van der Waals surface area contributed by atoms with Crippen LogP contribution < -0.4 is 5.32 Å². The average Bonchev–Trinajstić information content (AvgIpc) is 3.01. The Morgan fingerprint density at radius 3 is 2.54 bits per heavy atom. The van der Waals surface area contributed by atoms with Crippen LogP contribution in [0.3, 0.4) is 0 Å². The Hall–Kier alpha value is -1.84. The van der Waals surface area contributed by atoms with Crippen molar-refractivity contribution < 1.29 is 9.59 Å². The number of hydrogen-bond donors (Lipinski definition) is 1. The van der Waals surface area contributed by atoms with Gasteiger partial charge >= 0.3 is 0 Å². The summed E-state index contributed by atoms with van der Waals surface area (Å²) in [6.07, 6.45) is 12.4. The van der Waals surface area contributed by atoms with Crippen molar-refractivity contribution in [1.29, 1.82) is 0 Å². The van der Waals surface area contributed by atoms with Gasteiger partial charge in [0.25, 0.3) is 0 Å². The van der Waals surface area contributed by atoms with Crippen LogP contribution in [0, 0.1) is 5.92 Å². The fourth-order valence-electron chi connectivity index (χ4n) is 5.64. The third-order valence-corrected chi connectivity index (χ3v) is 7.03. The van der Waals surface area contributed by atoms with E-state index in [0.717, 1.165) is 32.1 Å². The third kappa shape index (κ3) is 4.59. The molecule has 2 saturated heterocycles. The van der Waals surface area contributed by atoms with Crippen molar-refractivity contribution in [3.63, 3.8) is 0 Å². The lowest BCUT2D eigenvalue weighted by Crippen LogP contribution is -2.49. The molecule has 4 rings (SSSR count). The number of benzene rings is 1. The number of carbonyl (C=O) groups is 2. The number of carbonyl (C=O) groups excluding carboxylic acids is 2. The van der Waals surface area contributed by atoms with Crippen LogP contribution in [0.1, 0.15) is 76.2 Å². The maximum Gasteiger partial charge on any atom is 0.223 e. The van der Waals surface area contributed by atoms with Gasteiger partial charge in [-0.05, 0) is 50.0 Å². The van der Waals surface area contributed by atoms with E-state index in [9.17, 15) is 9.59 Å². The summed E-state index contributed by atoms with van der Waals surface area (Å²) in [5.41, 5.74) is 1.28. The first-order valence-corrected chi connectivity index (χ1v) is 11.3. The van der Waals surface area contributed by atoms with Gasteiger partial charge in [0.1, 0.15) is 0 Å². The molecule has 152 valence electrons. The molecule has 2 aliphatic heterocycles. The predicted molar refractivity (Wildman–Crippen MR) is 111 cm³/mol. The molecule has 0 bridgehead atoms. The zero-order valence-corrected chi connectivity index (χ0v) is 16.9. The summed E-state index contributed by atoms with van der Waals surface area (Å²) in [4.78, 5) is 27.9. The Kier molecular flexibility index (Phi) is 6.33. The second kappa shape index (κ2) is 9.11. The first kappa shape index (κ1) is 19.5. The third-order valence-electron chi connectivity index (χ3n) is 7.03. The van der Waals surface area contributed by atoms with Crippen LogP contribution in [0.15, 0.2) is 30.3 Å². The fourth-order valence-corrected chi connectivity index (χ4v) is 5.64. The quantitative estimate of drug-likeness (QED) is 0.847. The molecule has 1 aromatic carbocycles. The number of fused-ring (bicyclic) bond motifs is 1. The van der Waals surface area contributed by atoms with Crippen LogP contribution in [-0.4, -0.2) is 34.8 Å². The molecule has 3 atom stereocenters. The van der Waals surface area contributed by atoms with E-state index in [1.165, 1.54) is 37.7 Å². The number of rotatable bonds is 4. The van der Waals surface area contributed by atoms with Gasteiger partial charge in [0.05, 0.1) is 12.1 Å². The van der Waals surface area contributed by atoms with E-state index in [0.29, 0.717) is 24.7 Å². The van der Waals surface area contributed by atoms with Gasteiger partial charge in [-0.2, -0.15) is 0 Å². The monoisotopic (exact) mass is 382 g/mol. The van der Waals surface area contributed by atoms with Crippen molar-refractivity contribution in [2.45, 2.75) is 95.2 Å². The second-order valence-corrected chi connectivity index (χ2v) is 9.08. The Balaban J connectivity index is 1.53. The zero-order chi connectivity index (χ0) is 19.3. The molecule has 28 heavy (non-hydrogen) atoms. The molecule has 1 aromatic rings. The van der Waals surface area contributed by atoms with Gasteiger partial charge in [0, 0.05) is 18.9 Å². The van der Waals surface area contributed by atoms with Gasteiger partial charge in [-0.15, -0.1) is 0 Å². The highest BCUT2D eigenvalue weighted by Crippen LogP contribution is 2.34. The van der Waals surface area contributed by atoms with Crippen LogP contribution in [0.4, 0.5) is 0 Å². The van der Waals surface area contributed by atoms with Crippen LogP contribution >= 0.6 is 0 Å². The number of nitrogens with one attached hydrogen (secondary N) is 1. The maximum absolute atomic E-state index is 13.5. The Labute approximate surface area is 169 Å². The molecular formula is C24H34N2O2. The minimum Gasteiger partial charge on any atom is -0.351 e. The molecule has 3 aliphatic rings. The van der Waals surface area contributed by atoms with E-state index >= 15 is 0 Å². The molecule has 1 aliphatic carbocycles. The van der Waals surface area contributed by atoms with Crippen molar-refractivity contribution in [3.05, 3.63) is 35.9 Å². The number of nitrogens with zero attached hydrogens (tertiary/aromatic N) is 1. The molecule has 0 unspecified atom stereocenters. The van der Waals surface area contributed by atoms with Crippen LogP contribution in [0.5, 0.6) is 0 Å². The van der Waals surface area contributed by atoms with E-state index in [-0.39, 0.29) is 24.0 Å². The van der Waals surface area contributed by atoms with Gasteiger partial charge in [-0.3, -0.25) is 9.59 Å². The molecule has 2 amide bonds. The van der Waals surface area contributed by atoms with Crippen molar-refractivity contribution in [2.75, 3.05) is 0 Å². The zero-order valence-electron chi connectivity index (χ0n) is 16.9. The molecule has 2 heterocycles. The lowest BCUT2D eigenvalue weighted by molar-refractivity contribution is -0.136. The molecule has 3 fully saturated rings. The van der Waals surface area contributed by atoms with Gasteiger partial charge in [0.2, 0.25) is 11.8 Å². The van der Waals surface area contributed by atoms with Crippen molar-refractivity contribution >= 4 is 11.8 Å². The van der Waals surface area contributed by atoms with Crippen LogP contribution in [-0.2, 0) is 16.0 Å². The van der Waals surface area contributed by atoms with Crippen molar-refractivity contribution in [3.8, 4) is 0 Å². The fraction of sp³-hybridized carbons (Fsp3) is 0.667. The second-order valence-electron chi connectivity index (χ2n) is 9.08. The number of hydrogen-bond acceptors (Lipinski definition) is 2. The van der Waals surface area contributed by atoms with Crippen LogP contribution in [0.25, 0.3) is 0 Å². The highest BCUT2D eigenvalue weighted by atomic mass is 16.2. The Morgan fingerprint density at radius 1 is 1.00 bits per heavy atom. The summed E-state index contributed by atoms with van der Waals surface area (Å²) in [5.74, 6) is 1.05. The number of likely N-dealkylation sites (tertiary alicyclic amines) is 1. The normalized spacial score (nSPS) is 28.9. The van der Waals surface area contributed by atoms with Crippen molar-refractivity contribution in [2.24, 2.45) is 5.92 Å². The lowest BCUT2D eigenvalue weighted by atomic mass is 9.86. The SMILES string of the molecule is O=C1CCCC[C@@H]2[C@H](C[C@@H](Cc3ccccc3)N2C(=O)CC2CCCCC2)N1. The summed E-state index contributed by atoms with van der Waals surface area (Å²) in [6.45, 7) is 0. The summed E-state index contributed by atoms with van der Waals surface area (Å²) in [5, 5.41) is 3.25. The summed E-state index contributed by atoms with van der Waals surface area (Å²) >= 11 is 0. The van der Waals surface area contributed by atoms with E-state index in [2.05, 4.69) is 34.5 Å². The van der Waals surface area contributed by atoms with Gasteiger partial charge in [0.15, 0.2) is 0 Å². The van der Waals surface area contributed by atoms with E-state index < -0.39 is 0 Å². The highest BCUT2D eigenvalue weighted by molar-refractivity contribution is 5.79. The molecule has 0 spiro atoms. The largest absolute Gasteiger partial charge is 0.351 e. The lowest BCUT2D eigenvalue weighted by Gasteiger charge is -2.34. The Bertz CT molecular complexity index is 668. The molecule has 1 N–H and O–H groups in total. The maximum atomic E-state index is 13.5. The van der Waals surface area contributed by atoms with E-state index in [1.807, 2.05) is 6.07 Å². The topological polar surface area (TPSA) is 49.4 Å². The van der Waals surface area contributed by atoms with E-state index in [4.69, 9.17) is 0 Å². The smallest absolute Gasteiger partial charge is 0.223 e. The minimum atomic E-state index is 0.122. The van der Waals surface area contributed by atoms with Gasteiger partial charge in [-0.1, -0.05) is 56.0 Å². The van der Waals surface area contributed by atoms with Gasteiger partial charge in [-0.25, -0.2) is 0 Å². The summed E-state index contributed by atoms with van der Waals surface area (Å²) in [7, 11) is 0.